The Balaban J connectivity index is 2.27. The first-order valence-corrected chi connectivity index (χ1v) is 7.76. The maximum atomic E-state index is 6.24. The molecule has 0 fully saturated rings. The quantitative estimate of drug-likeness (QED) is 0.856. The van der Waals surface area contributed by atoms with Gasteiger partial charge in [-0.05, 0) is 36.4 Å². The Morgan fingerprint density at radius 3 is 2.58 bits per heavy atom. The molecule has 102 valence electrons. The molecule has 0 amide bonds. The Hall–Kier alpha value is -1.32. The third-order valence-corrected chi connectivity index (χ3v) is 4.29. The predicted octanol–water partition coefficient (Wildman–Crippen LogP) is 4.18. The van der Waals surface area contributed by atoms with Gasteiger partial charge in [-0.1, -0.05) is 31.2 Å². The Morgan fingerprint density at radius 2 is 1.95 bits per heavy atom. The maximum absolute atomic E-state index is 6.24. The highest BCUT2D eigenvalue weighted by Crippen LogP contribution is 2.28. The van der Waals surface area contributed by atoms with Gasteiger partial charge in [0.1, 0.15) is 0 Å². The van der Waals surface area contributed by atoms with Gasteiger partial charge >= 0.3 is 0 Å². The highest BCUT2D eigenvalue weighted by atomic mass is 32.1. The highest BCUT2D eigenvalue weighted by molar-refractivity contribution is 7.09. The summed E-state index contributed by atoms with van der Waals surface area (Å²) in [5.41, 5.74) is 8.76. The van der Waals surface area contributed by atoms with E-state index in [1.165, 1.54) is 16.1 Å². The first-order chi connectivity index (χ1) is 9.26. The topological polar surface area (TPSA) is 29.3 Å². The molecule has 0 aliphatic carbocycles. The number of benzene rings is 1. The fraction of sp³-hybridized carbons (Fsp3) is 0.375. The summed E-state index contributed by atoms with van der Waals surface area (Å²) in [6, 6.07) is 12.9. The molecule has 0 aliphatic rings. The van der Waals surface area contributed by atoms with Crippen LogP contribution in [0.15, 0.2) is 41.8 Å². The van der Waals surface area contributed by atoms with Gasteiger partial charge in [0.15, 0.2) is 0 Å². The van der Waals surface area contributed by atoms with E-state index in [0.717, 1.165) is 19.5 Å². The molecule has 0 unspecified atom stereocenters. The Kier molecular flexibility index (Phi) is 5.00. The van der Waals surface area contributed by atoms with Crippen molar-refractivity contribution in [3.05, 3.63) is 52.2 Å². The van der Waals surface area contributed by atoms with Crippen molar-refractivity contribution in [1.82, 2.24) is 0 Å². The lowest BCUT2D eigenvalue weighted by atomic mass is 10.0. The lowest BCUT2D eigenvalue weighted by molar-refractivity contribution is 0.690. The first kappa shape index (κ1) is 14.1. The van der Waals surface area contributed by atoms with Crippen LogP contribution >= 0.6 is 11.3 Å². The second-order valence-electron chi connectivity index (χ2n) is 4.67. The summed E-state index contributed by atoms with van der Waals surface area (Å²) in [5, 5.41) is 2.13. The van der Waals surface area contributed by atoms with Crippen LogP contribution in [0, 0.1) is 0 Å². The first-order valence-electron chi connectivity index (χ1n) is 6.88. The molecule has 0 aliphatic heterocycles. The number of nitrogens with two attached hydrogens (primary N) is 1. The summed E-state index contributed by atoms with van der Waals surface area (Å²) < 4.78 is 0. The van der Waals surface area contributed by atoms with E-state index in [2.05, 4.69) is 60.5 Å². The fourth-order valence-corrected chi connectivity index (χ4v) is 2.99. The van der Waals surface area contributed by atoms with Crippen molar-refractivity contribution in [2.45, 2.75) is 32.9 Å². The monoisotopic (exact) mass is 274 g/mol. The standard InChI is InChI=1S/C16H22N2S/c1-3-15(17)14-9-5-6-10-16(14)18(4-2)12-13-8-7-11-19-13/h5-11,15H,3-4,12,17H2,1-2H3/t15-/m1/s1. The fourth-order valence-electron chi connectivity index (χ4n) is 2.27. The Labute approximate surface area is 119 Å². The molecular formula is C16H22N2S. The van der Waals surface area contributed by atoms with Gasteiger partial charge in [-0.2, -0.15) is 0 Å². The van der Waals surface area contributed by atoms with E-state index in [4.69, 9.17) is 5.73 Å². The van der Waals surface area contributed by atoms with Crippen LogP contribution in [0.4, 0.5) is 5.69 Å². The van der Waals surface area contributed by atoms with Gasteiger partial charge < -0.3 is 10.6 Å². The van der Waals surface area contributed by atoms with E-state index in [1.54, 1.807) is 0 Å². The van der Waals surface area contributed by atoms with Gasteiger partial charge in [0.2, 0.25) is 0 Å². The minimum atomic E-state index is 0.119. The van der Waals surface area contributed by atoms with E-state index in [0.29, 0.717) is 0 Å². The van der Waals surface area contributed by atoms with Crippen LogP contribution in [0.25, 0.3) is 0 Å². The van der Waals surface area contributed by atoms with E-state index < -0.39 is 0 Å². The van der Waals surface area contributed by atoms with Crippen molar-refractivity contribution in [3.8, 4) is 0 Å². The lowest BCUT2D eigenvalue weighted by Crippen LogP contribution is -2.24. The van der Waals surface area contributed by atoms with Crippen molar-refractivity contribution in [2.75, 3.05) is 11.4 Å². The molecule has 0 saturated carbocycles. The normalized spacial score (nSPS) is 12.4. The molecule has 19 heavy (non-hydrogen) atoms. The summed E-state index contributed by atoms with van der Waals surface area (Å²) >= 11 is 1.81. The average molecular weight is 274 g/mol. The van der Waals surface area contributed by atoms with E-state index in [1.807, 2.05) is 11.3 Å². The van der Waals surface area contributed by atoms with Crippen LogP contribution in [0.1, 0.15) is 36.8 Å². The zero-order chi connectivity index (χ0) is 13.7. The lowest BCUT2D eigenvalue weighted by Gasteiger charge is -2.27. The molecule has 0 radical (unpaired) electrons. The van der Waals surface area contributed by atoms with Gasteiger partial charge in [-0.25, -0.2) is 0 Å². The number of hydrogen-bond acceptors (Lipinski definition) is 3. The number of hydrogen-bond donors (Lipinski definition) is 1. The Bertz CT molecular complexity index is 493. The molecule has 3 heteroatoms. The number of thiophene rings is 1. The largest absolute Gasteiger partial charge is 0.366 e. The van der Waals surface area contributed by atoms with Crippen LogP contribution in [-0.2, 0) is 6.54 Å². The summed E-state index contributed by atoms with van der Waals surface area (Å²) in [4.78, 5) is 3.79. The number of para-hydroxylation sites is 1. The summed E-state index contributed by atoms with van der Waals surface area (Å²) in [6.07, 6.45) is 0.966. The van der Waals surface area contributed by atoms with Gasteiger partial charge in [0.05, 0.1) is 6.54 Å². The molecule has 2 N–H and O–H groups in total. The van der Waals surface area contributed by atoms with Gasteiger partial charge in [0, 0.05) is 23.2 Å². The molecule has 0 spiro atoms. The van der Waals surface area contributed by atoms with Crippen molar-refractivity contribution >= 4 is 17.0 Å². The van der Waals surface area contributed by atoms with E-state index in [-0.39, 0.29) is 6.04 Å². The average Bonchev–Trinajstić information content (AvgIpc) is 2.97. The number of anilines is 1. The zero-order valence-electron chi connectivity index (χ0n) is 11.7. The molecule has 1 atom stereocenters. The van der Waals surface area contributed by atoms with Gasteiger partial charge in [-0.3, -0.25) is 0 Å². The second kappa shape index (κ2) is 6.73. The van der Waals surface area contributed by atoms with Crippen LogP contribution in [-0.4, -0.2) is 6.54 Å². The zero-order valence-corrected chi connectivity index (χ0v) is 12.5. The molecule has 2 aromatic rings. The molecule has 2 nitrogen and oxygen atoms in total. The van der Waals surface area contributed by atoms with Crippen LogP contribution in [0.2, 0.25) is 0 Å². The number of nitrogens with zero attached hydrogens (tertiary/aromatic N) is 1. The molecule has 1 aromatic heterocycles. The molecule has 0 bridgehead atoms. The summed E-state index contributed by atoms with van der Waals surface area (Å²) in [7, 11) is 0. The second-order valence-corrected chi connectivity index (χ2v) is 5.70. The molecule has 2 rings (SSSR count). The summed E-state index contributed by atoms with van der Waals surface area (Å²) in [5.74, 6) is 0. The van der Waals surface area contributed by atoms with Gasteiger partial charge in [0.25, 0.3) is 0 Å². The predicted molar refractivity (Wildman–Crippen MR) is 84.7 cm³/mol. The third kappa shape index (κ3) is 3.37. The molecular weight excluding hydrogens is 252 g/mol. The SMILES string of the molecule is CC[C@@H](N)c1ccccc1N(CC)Cc1cccs1. The third-order valence-electron chi connectivity index (χ3n) is 3.43. The van der Waals surface area contributed by atoms with Crippen LogP contribution < -0.4 is 10.6 Å². The minimum Gasteiger partial charge on any atom is -0.366 e. The van der Waals surface area contributed by atoms with Crippen LogP contribution in [0.3, 0.4) is 0 Å². The molecule has 1 heterocycles. The molecule has 1 aromatic carbocycles. The van der Waals surface area contributed by atoms with Crippen molar-refractivity contribution in [1.29, 1.82) is 0 Å². The number of rotatable bonds is 6. The highest BCUT2D eigenvalue weighted by Gasteiger charge is 2.14. The Morgan fingerprint density at radius 1 is 1.16 bits per heavy atom. The van der Waals surface area contributed by atoms with Crippen LogP contribution in [0.5, 0.6) is 0 Å². The van der Waals surface area contributed by atoms with Crippen molar-refractivity contribution in [2.24, 2.45) is 5.73 Å². The van der Waals surface area contributed by atoms with E-state index in [9.17, 15) is 0 Å². The molecule has 0 saturated heterocycles. The van der Waals surface area contributed by atoms with E-state index >= 15 is 0 Å². The minimum absolute atomic E-state index is 0.119. The van der Waals surface area contributed by atoms with Crippen molar-refractivity contribution < 1.29 is 0 Å². The van der Waals surface area contributed by atoms with Gasteiger partial charge in [-0.15, -0.1) is 11.3 Å². The smallest absolute Gasteiger partial charge is 0.0522 e. The van der Waals surface area contributed by atoms with Crippen molar-refractivity contribution in [3.63, 3.8) is 0 Å². The summed E-state index contributed by atoms with van der Waals surface area (Å²) in [6.45, 7) is 6.28. The maximum Gasteiger partial charge on any atom is 0.0522 e.